The fraction of sp³-hybridized carbons (Fsp3) is 0. The minimum Gasteiger partial charge on any atom is -0.267 e. The van der Waals surface area contributed by atoms with E-state index in [1.807, 2.05) is 6.07 Å². The Balaban J connectivity index is 2.23. The maximum atomic E-state index is 13.6. The molecule has 0 spiro atoms. The molecule has 0 atom stereocenters. The van der Waals surface area contributed by atoms with Gasteiger partial charge in [0.15, 0.2) is 0 Å². The monoisotopic (exact) mass is 317 g/mol. The number of halogens is 3. The zero-order valence-electron chi connectivity index (χ0n) is 10.8. The standard InChI is InChI=1S/C15H6ClF2N3O/c16-13-2-1-9(17)4-11(13)15(22)21-14-5-10(18)3-8(6-19)12(14)7-20-21/h1-5,7H. The molecule has 0 unspecified atom stereocenters. The van der Waals surface area contributed by atoms with E-state index in [0.29, 0.717) is 5.39 Å². The Kier molecular flexibility index (Phi) is 3.35. The molecule has 7 heteroatoms. The van der Waals surface area contributed by atoms with Gasteiger partial charge in [-0.3, -0.25) is 4.79 Å². The van der Waals surface area contributed by atoms with Crippen molar-refractivity contribution < 1.29 is 13.6 Å². The predicted octanol–water partition coefficient (Wildman–Crippen LogP) is 3.53. The van der Waals surface area contributed by atoms with Gasteiger partial charge in [-0.05, 0) is 24.3 Å². The highest BCUT2D eigenvalue weighted by molar-refractivity contribution is 6.34. The summed E-state index contributed by atoms with van der Waals surface area (Å²) in [7, 11) is 0. The summed E-state index contributed by atoms with van der Waals surface area (Å²) in [6.45, 7) is 0. The molecule has 4 nitrogen and oxygen atoms in total. The third-order valence-electron chi connectivity index (χ3n) is 3.13. The SMILES string of the molecule is N#Cc1cc(F)cc2c1cnn2C(=O)c1cc(F)ccc1Cl. The summed E-state index contributed by atoms with van der Waals surface area (Å²) >= 11 is 5.89. The van der Waals surface area contributed by atoms with Crippen molar-refractivity contribution in [2.45, 2.75) is 0 Å². The number of rotatable bonds is 1. The van der Waals surface area contributed by atoms with Gasteiger partial charge in [0.2, 0.25) is 0 Å². The predicted molar refractivity (Wildman–Crippen MR) is 75.5 cm³/mol. The third-order valence-corrected chi connectivity index (χ3v) is 3.45. The van der Waals surface area contributed by atoms with Gasteiger partial charge in [0.05, 0.1) is 33.9 Å². The van der Waals surface area contributed by atoms with Gasteiger partial charge >= 0.3 is 0 Å². The topological polar surface area (TPSA) is 58.7 Å². The molecule has 0 saturated heterocycles. The molecule has 2 aromatic carbocycles. The van der Waals surface area contributed by atoms with Crippen molar-refractivity contribution in [2.24, 2.45) is 0 Å². The Morgan fingerprint density at radius 3 is 2.73 bits per heavy atom. The molecular weight excluding hydrogens is 312 g/mol. The van der Waals surface area contributed by atoms with Gasteiger partial charge in [-0.1, -0.05) is 11.6 Å². The molecule has 3 rings (SSSR count). The first-order valence-electron chi connectivity index (χ1n) is 6.08. The Bertz CT molecular complexity index is 959. The molecule has 0 N–H and O–H groups in total. The van der Waals surface area contributed by atoms with E-state index >= 15 is 0 Å². The van der Waals surface area contributed by atoms with Crippen molar-refractivity contribution >= 4 is 28.4 Å². The van der Waals surface area contributed by atoms with E-state index in [0.717, 1.165) is 28.9 Å². The van der Waals surface area contributed by atoms with Crippen LogP contribution in [0.3, 0.4) is 0 Å². The molecular formula is C15H6ClF2N3O. The average Bonchev–Trinajstić information content (AvgIpc) is 2.91. The first-order valence-corrected chi connectivity index (χ1v) is 6.46. The third kappa shape index (κ3) is 2.22. The summed E-state index contributed by atoms with van der Waals surface area (Å²) in [4.78, 5) is 12.4. The quantitative estimate of drug-likeness (QED) is 0.690. The maximum Gasteiger partial charge on any atom is 0.280 e. The van der Waals surface area contributed by atoms with Gasteiger partial charge in [0.25, 0.3) is 5.91 Å². The number of hydrogen-bond acceptors (Lipinski definition) is 3. The molecule has 0 radical (unpaired) electrons. The highest BCUT2D eigenvalue weighted by Crippen LogP contribution is 2.23. The first-order chi connectivity index (χ1) is 10.5. The van der Waals surface area contributed by atoms with Crippen molar-refractivity contribution in [3.63, 3.8) is 0 Å². The molecule has 0 fully saturated rings. The van der Waals surface area contributed by atoms with Crippen LogP contribution in [0.25, 0.3) is 10.9 Å². The lowest BCUT2D eigenvalue weighted by molar-refractivity contribution is 0.0950. The fourth-order valence-corrected chi connectivity index (χ4v) is 2.32. The maximum absolute atomic E-state index is 13.6. The van der Waals surface area contributed by atoms with Crippen LogP contribution in [0.1, 0.15) is 15.9 Å². The minimum atomic E-state index is -0.714. The number of benzene rings is 2. The van der Waals surface area contributed by atoms with E-state index < -0.39 is 17.5 Å². The lowest BCUT2D eigenvalue weighted by Gasteiger charge is -2.05. The van der Waals surface area contributed by atoms with Crippen molar-refractivity contribution in [3.05, 3.63) is 64.3 Å². The minimum absolute atomic E-state index is 0.0481. The van der Waals surface area contributed by atoms with Gasteiger partial charge in [0, 0.05) is 11.5 Å². The highest BCUT2D eigenvalue weighted by Gasteiger charge is 2.18. The molecule has 3 aromatic rings. The fourth-order valence-electron chi connectivity index (χ4n) is 2.12. The van der Waals surface area contributed by atoms with Crippen LogP contribution < -0.4 is 0 Å². The van der Waals surface area contributed by atoms with E-state index in [-0.39, 0.29) is 21.7 Å². The van der Waals surface area contributed by atoms with Crippen molar-refractivity contribution in [1.82, 2.24) is 9.78 Å². The normalized spacial score (nSPS) is 10.6. The number of fused-ring (bicyclic) bond motifs is 1. The van der Waals surface area contributed by atoms with Crippen molar-refractivity contribution in [2.75, 3.05) is 0 Å². The van der Waals surface area contributed by atoms with Gasteiger partial charge in [0.1, 0.15) is 11.6 Å². The summed E-state index contributed by atoms with van der Waals surface area (Å²) in [6, 6.07) is 7.30. The number of nitriles is 1. The second-order valence-corrected chi connectivity index (χ2v) is 4.89. The Morgan fingerprint density at radius 1 is 1.23 bits per heavy atom. The molecule has 0 saturated carbocycles. The van der Waals surface area contributed by atoms with Crippen LogP contribution in [0.4, 0.5) is 8.78 Å². The summed E-state index contributed by atoms with van der Waals surface area (Å²) in [5, 5.41) is 13.2. The van der Waals surface area contributed by atoms with Crippen LogP contribution in [0, 0.1) is 23.0 Å². The number of nitrogens with zero attached hydrogens (tertiary/aromatic N) is 3. The smallest absolute Gasteiger partial charge is 0.267 e. The van der Waals surface area contributed by atoms with Crippen LogP contribution >= 0.6 is 11.6 Å². The summed E-state index contributed by atoms with van der Waals surface area (Å²) in [5.74, 6) is -2.02. The number of aromatic nitrogens is 2. The Hall–Kier alpha value is -2.78. The number of carbonyl (C=O) groups is 1. The van der Waals surface area contributed by atoms with Crippen LogP contribution in [0.2, 0.25) is 5.02 Å². The lowest BCUT2D eigenvalue weighted by Crippen LogP contribution is -2.14. The van der Waals surface area contributed by atoms with E-state index in [2.05, 4.69) is 5.10 Å². The average molecular weight is 318 g/mol. The summed E-state index contributed by atoms with van der Waals surface area (Å²) in [6.07, 6.45) is 1.28. The van der Waals surface area contributed by atoms with E-state index in [9.17, 15) is 13.6 Å². The second-order valence-electron chi connectivity index (χ2n) is 4.48. The zero-order valence-corrected chi connectivity index (χ0v) is 11.6. The highest BCUT2D eigenvalue weighted by atomic mass is 35.5. The van der Waals surface area contributed by atoms with Gasteiger partial charge < -0.3 is 0 Å². The Labute approximate surface area is 128 Å². The zero-order chi connectivity index (χ0) is 15.9. The van der Waals surface area contributed by atoms with Gasteiger partial charge in [-0.2, -0.15) is 15.0 Å². The van der Waals surface area contributed by atoms with E-state index in [4.69, 9.17) is 16.9 Å². The van der Waals surface area contributed by atoms with Crippen molar-refractivity contribution in [3.8, 4) is 6.07 Å². The van der Waals surface area contributed by atoms with Crippen LogP contribution in [0.5, 0.6) is 0 Å². The molecule has 1 heterocycles. The van der Waals surface area contributed by atoms with Crippen molar-refractivity contribution in [1.29, 1.82) is 5.26 Å². The van der Waals surface area contributed by atoms with Gasteiger partial charge in [-0.15, -0.1) is 0 Å². The van der Waals surface area contributed by atoms with Crippen LogP contribution in [-0.2, 0) is 0 Å². The Morgan fingerprint density at radius 2 is 2.00 bits per heavy atom. The lowest BCUT2D eigenvalue weighted by atomic mass is 10.1. The number of carbonyl (C=O) groups excluding carboxylic acids is 1. The summed E-state index contributed by atoms with van der Waals surface area (Å²) in [5.41, 5.74) is 0.0655. The molecule has 0 amide bonds. The molecule has 0 aliphatic heterocycles. The van der Waals surface area contributed by atoms with Gasteiger partial charge in [-0.25, -0.2) is 8.78 Å². The second kappa shape index (κ2) is 5.20. The molecule has 108 valence electrons. The molecule has 0 bridgehead atoms. The first kappa shape index (κ1) is 14.2. The summed E-state index contributed by atoms with van der Waals surface area (Å²) < 4.78 is 27.8. The molecule has 1 aromatic heterocycles. The molecule has 22 heavy (non-hydrogen) atoms. The van der Waals surface area contributed by atoms with Crippen LogP contribution in [0.15, 0.2) is 36.5 Å². The van der Waals surface area contributed by atoms with E-state index in [1.54, 1.807) is 0 Å². The van der Waals surface area contributed by atoms with Crippen LogP contribution in [-0.4, -0.2) is 15.7 Å². The molecule has 0 aliphatic rings. The number of hydrogen-bond donors (Lipinski definition) is 0. The van der Waals surface area contributed by atoms with E-state index in [1.165, 1.54) is 12.3 Å². The molecule has 0 aliphatic carbocycles. The largest absolute Gasteiger partial charge is 0.280 e.